The van der Waals surface area contributed by atoms with Crippen molar-refractivity contribution in [3.8, 4) is 5.82 Å². The Balaban J connectivity index is 0.766. The molecule has 0 aliphatic carbocycles. The van der Waals surface area contributed by atoms with E-state index in [0.29, 0.717) is 53.8 Å². The van der Waals surface area contributed by atoms with Crippen LogP contribution in [0.2, 0.25) is 0 Å². The number of imide groups is 2. The molecule has 5 amide bonds. The molecule has 3 aromatic heterocycles. The van der Waals surface area contributed by atoms with Gasteiger partial charge in [-0.25, -0.2) is 19.3 Å². The second-order valence-corrected chi connectivity index (χ2v) is 16.8. The van der Waals surface area contributed by atoms with Crippen LogP contribution < -0.4 is 31.7 Å². The van der Waals surface area contributed by atoms with E-state index in [0.717, 1.165) is 61.7 Å². The van der Waals surface area contributed by atoms with Gasteiger partial charge in [0.1, 0.15) is 17.0 Å². The van der Waals surface area contributed by atoms with Gasteiger partial charge < -0.3 is 26.0 Å². The van der Waals surface area contributed by atoms with Crippen molar-refractivity contribution in [2.75, 3.05) is 61.3 Å². The molecule has 6 heterocycles. The molecule has 1 unspecified atom stereocenters. The molecule has 0 saturated carbocycles. The maximum Gasteiger partial charge on any atom is 0.278 e. The number of pyridine rings is 1. The zero-order valence-corrected chi connectivity index (χ0v) is 36.4. The zero-order chi connectivity index (χ0) is 45.8. The molecule has 8 rings (SSSR count). The first-order valence-electron chi connectivity index (χ1n) is 21.8. The van der Waals surface area contributed by atoms with Crippen LogP contribution in [0, 0.1) is 0 Å². The van der Waals surface area contributed by atoms with Crippen LogP contribution in [0.5, 0.6) is 0 Å². The molecule has 65 heavy (non-hydrogen) atoms. The SMILES string of the molecule is C=CCn1c(=O)c2cnc(Nc3ccc(N4CCN(CC(=O)NCCCCCNc5cccc6c5C(=O)N(C5CCC(=O)NC5=O)C6=O)CC4)cc3)nc2n1-c1cccc(C(C)(C)O)n1. The molecule has 0 spiro atoms. The lowest BCUT2D eigenvalue weighted by atomic mass is 10.0. The highest BCUT2D eigenvalue weighted by Crippen LogP contribution is 2.32. The summed E-state index contributed by atoms with van der Waals surface area (Å²) in [6, 6.07) is 17.2. The quantitative estimate of drug-likeness (QED) is 0.0514. The number of amides is 5. The average molecular weight is 885 g/mol. The van der Waals surface area contributed by atoms with E-state index in [1.165, 1.54) is 10.9 Å². The Morgan fingerprint density at radius 3 is 2.42 bits per heavy atom. The van der Waals surface area contributed by atoms with Crippen molar-refractivity contribution in [1.29, 1.82) is 0 Å². The molecule has 338 valence electrons. The molecular formula is C46H52N12O7. The normalized spacial score (nSPS) is 16.8. The van der Waals surface area contributed by atoms with Gasteiger partial charge in [-0.1, -0.05) is 18.2 Å². The van der Waals surface area contributed by atoms with Crippen molar-refractivity contribution >= 4 is 63.6 Å². The Labute approximate surface area is 374 Å². The van der Waals surface area contributed by atoms with Crippen LogP contribution in [-0.2, 0) is 26.5 Å². The first kappa shape index (κ1) is 44.4. The van der Waals surface area contributed by atoms with E-state index in [9.17, 15) is 33.9 Å². The van der Waals surface area contributed by atoms with Crippen LogP contribution in [0.25, 0.3) is 16.9 Å². The van der Waals surface area contributed by atoms with Gasteiger partial charge in [-0.05, 0) is 88.1 Å². The van der Waals surface area contributed by atoms with E-state index in [1.54, 1.807) is 61.0 Å². The van der Waals surface area contributed by atoms with Crippen molar-refractivity contribution in [2.24, 2.45) is 0 Å². The number of carbonyl (C=O) groups is 5. The number of aliphatic hydroxyl groups is 1. The third-order valence-electron chi connectivity index (χ3n) is 11.7. The summed E-state index contributed by atoms with van der Waals surface area (Å²) >= 11 is 0. The van der Waals surface area contributed by atoms with E-state index < -0.39 is 35.3 Å². The number of aromatic nitrogens is 5. The number of hydrogen-bond donors (Lipinski definition) is 5. The van der Waals surface area contributed by atoms with Crippen molar-refractivity contribution in [3.05, 3.63) is 107 Å². The summed E-state index contributed by atoms with van der Waals surface area (Å²) in [5.41, 5.74) is 2.12. The van der Waals surface area contributed by atoms with Gasteiger partial charge in [0.2, 0.25) is 23.7 Å². The van der Waals surface area contributed by atoms with Gasteiger partial charge in [0, 0.05) is 68.9 Å². The fourth-order valence-corrected chi connectivity index (χ4v) is 8.34. The molecule has 0 radical (unpaired) electrons. The Hall–Kier alpha value is -7.25. The molecule has 5 N–H and O–H groups in total. The fraction of sp³-hybridized carbons (Fsp3) is 0.370. The van der Waals surface area contributed by atoms with Crippen LogP contribution in [-0.4, -0.2) is 121 Å². The number of benzene rings is 2. The van der Waals surface area contributed by atoms with E-state index in [1.807, 2.05) is 24.3 Å². The number of anilines is 4. The van der Waals surface area contributed by atoms with Crippen molar-refractivity contribution < 1.29 is 29.1 Å². The highest BCUT2D eigenvalue weighted by Gasteiger charge is 2.45. The van der Waals surface area contributed by atoms with Gasteiger partial charge in [-0.3, -0.25) is 43.9 Å². The molecule has 5 aromatic rings. The lowest BCUT2D eigenvalue weighted by Gasteiger charge is -2.35. The van der Waals surface area contributed by atoms with E-state index in [2.05, 4.69) is 47.6 Å². The number of nitrogens with zero attached hydrogens (tertiary/aromatic N) is 8. The molecule has 0 bridgehead atoms. The van der Waals surface area contributed by atoms with Gasteiger partial charge >= 0.3 is 0 Å². The van der Waals surface area contributed by atoms with Crippen molar-refractivity contribution in [3.63, 3.8) is 0 Å². The second kappa shape index (κ2) is 18.8. The minimum atomic E-state index is -1.19. The molecule has 3 aliphatic heterocycles. The number of hydrogen-bond acceptors (Lipinski definition) is 14. The summed E-state index contributed by atoms with van der Waals surface area (Å²) in [5.74, 6) is -1.45. The topological polar surface area (TPSA) is 229 Å². The molecule has 19 heteroatoms. The summed E-state index contributed by atoms with van der Waals surface area (Å²) in [4.78, 5) is 95.8. The standard InChI is InChI=1S/C46H52N12O7/c1-4-22-56-42(62)32-27-49-45(53-40(32)58(56)36-13-9-12-35(51-36)46(2,3)65)50-29-14-16-30(17-15-29)55-25-23-54(24-26-55)28-38(60)48-21-7-5-6-20-47-33-11-8-10-31-39(33)44(64)57(43(31)63)34-18-19-37(59)52-41(34)61/h4,8-17,27,34,47,65H,1,5-7,18-26,28H2,2-3H3,(H,48,60)(H,49,50,53)(H,52,59,61). The Kier molecular flexibility index (Phi) is 12.9. The fourth-order valence-electron chi connectivity index (χ4n) is 8.34. The summed E-state index contributed by atoms with van der Waals surface area (Å²) in [7, 11) is 0. The largest absolute Gasteiger partial charge is 0.384 e. The minimum absolute atomic E-state index is 0.0239. The molecule has 2 fully saturated rings. The number of piperazine rings is 1. The lowest BCUT2D eigenvalue weighted by molar-refractivity contribution is -0.136. The van der Waals surface area contributed by atoms with Gasteiger partial charge in [0.15, 0.2) is 11.5 Å². The zero-order valence-electron chi connectivity index (χ0n) is 36.4. The molecular weight excluding hydrogens is 833 g/mol. The Bertz CT molecular complexity index is 2720. The summed E-state index contributed by atoms with van der Waals surface area (Å²) in [5, 5.41) is 22.7. The van der Waals surface area contributed by atoms with Crippen LogP contribution in [0.4, 0.5) is 23.0 Å². The Morgan fingerprint density at radius 2 is 1.68 bits per heavy atom. The maximum absolute atomic E-state index is 13.4. The molecule has 3 aliphatic rings. The van der Waals surface area contributed by atoms with Crippen LogP contribution in [0.3, 0.4) is 0 Å². The summed E-state index contributed by atoms with van der Waals surface area (Å²) in [6.45, 7) is 11.7. The number of piperidine rings is 1. The first-order chi connectivity index (χ1) is 31.3. The Morgan fingerprint density at radius 1 is 0.923 bits per heavy atom. The number of allylic oxidation sites excluding steroid dienone is 1. The van der Waals surface area contributed by atoms with Crippen LogP contribution in [0.1, 0.15) is 72.4 Å². The molecule has 19 nitrogen and oxygen atoms in total. The van der Waals surface area contributed by atoms with E-state index in [-0.39, 0.29) is 42.0 Å². The third-order valence-corrected chi connectivity index (χ3v) is 11.7. The van der Waals surface area contributed by atoms with Gasteiger partial charge in [0.25, 0.3) is 17.4 Å². The van der Waals surface area contributed by atoms with Crippen LogP contribution in [0.15, 0.2) is 84.3 Å². The highest BCUT2D eigenvalue weighted by atomic mass is 16.3. The summed E-state index contributed by atoms with van der Waals surface area (Å²) in [6.07, 6.45) is 5.66. The molecule has 2 saturated heterocycles. The van der Waals surface area contributed by atoms with Gasteiger partial charge in [-0.15, -0.1) is 6.58 Å². The highest BCUT2D eigenvalue weighted by molar-refractivity contribution is 6.25. The van der Waals surface area contributed by atoms with Crippen molar-refractivity contribution in [2.45, 2.75) is 64.1 Å². The van der Waals surface area contributed by atoms with E-state index in [4.69, 9.17) is 4.98 Å². The molecule has 1 atom stereocenters. The maximum atomic E-state index is 13.4. The van der Waals surface area contributed by atoms with Crippen LogP contribution >= 0.6 is 0 Å². The van der Waals surface area contributed by atoms with Gasteiger partial charge in [-0.2, -0.15) is 4.98 Å². The van der Waals surface area contributed by atoms with Crippen molar-refractivity contribution in [1.82, 2.24) is 44.7 Å². The smallest absolute Gasteiger partial charge is 0.278 e. The predicted octanol–water partition coefficient (Wildman–Crippen LogP) is 3.06. The number of fused-ring (bicyclic) bond motifs is 2. The third kappa shape index (κ3) is 9.51. The summed E-state index contributed by atoms with van der Waals surface area (Å²) < 4.78 is 3.10. The molecule has 2 aromatic carbocycles. The first-order valence-corrected chi connectivity index (χ1v) is 21.8. The number of carbonyl (C=O) groups excluding carboxylic acids is 5. The average Bonchev–Trinajstić information content (AvgIpc) is 3.71. The number of rotatable bonds is 17. The second-order valence-electron chi connectivity index (χ2n) is 16.8. The number of nitrogens with one attached hydrogen (secondary N) is 4. The van der Waals surface area contributed by atoms with Gasteiger partial charge in [0.05, 0.1) is 29.9 Å². The predicted molar refractivity (Wildman–Crippen MR) is 243 cm³/mol. The monoisotopic (exact) mass is 884 g/mol. The minimum Gasteiger partial charge on any atom is -0.384 e. The number of unbranched alkanes of at least 4 members (excludes halogenated alkanes) is 2. The van der Waals surface area contributed by atoms with E-state index >= 15 is 0 Å². The lowest BCUT2D eigenvalue weighted by Crippen LogP contribution is -2.54.